The first-order valence-electron chi connectivity index (χ1n) is 6.95. The Balaban J connectivity index is 1.57. The van der Waals surface area contributed by atoms with Crippen molar-refractivity contribution in [3.05, 3.63) is 64.0 Å². The molecule has 0 aliphatic rings. The fraction of sp³-hybridized carbons (Fsp3) is 0.0625. The van der Waals surface area contributed by atoms with Gasteiger partial charge in [-0.1, -0.05) is 12.1 Å². The molecule has 0 spiro atoms. The van der Waals surface area contributed by atoms with E-state index in [9.17, 15) is 9.59 Å². The summed E-state index contributed by atoms with van der Waals surface area (Å²) < 4.78 is 5.69. The molecular weight excluding hydrogens is 394 g/mol. The van der Waals surface area contributed by atoms with Gasteiger partial charge in [-0.05, 0) is 45.8 Å². The number of benzene rings is 1. The Labute approximate surface area is 150 Å². The molecule has 2 heterocycles. The average molecular weight is 406 g/mol. The number of anilines is 2. The smallest absolute Gasteiger partial charge is 0.291 e. The fourth-order valence-electron chi connectivity index (χ4n) is 1.97. The third-order valence-electron chi connectivity index (χ3n) is 3.05. The number of furan rings is 1. The van der Waals surface area contributed by atoms with Crippen LogP contribution in [0.25, 0.3) is 0 Å². The van der Waals surface area contributed by atoms with Crippen molar-refractivity contribution in [1.82, 2.24) is 4.98 Å². The monoisotopic (exact) mass is 405 g/mol. The van der Waals surface area contributed by atoms with Crippen LogP contribution in [0.1, 0.15) is 16.1 Å². The molecule has 0 unspecified atom stereocenters. The third-order valence-corrected chi connectivity index (χ3v) is 4.17. The molecule has 0 saturated heterocycles. The Kier molecular flexibility index (Phi) is 5.07. The highest BCUT2D eigenvalue weighted by Crippen LogP contribution is 2.17. The lowest BCUT2D eigenvalue weighted by Crippen LogP contribution is -2.14. The lowest BCUT2D eigenvalue weighted by molar-refractivity contribution is -0.115. The van der Waals surface area contributed by atoms with Crippen molar-refractivity contribution in [1.29, 1.82) is 0 Å². The molecule has 1 aromatic carbocycles. The second-order valence-corrected chi connectivity index (χ2v) is 6.49. The quantitative estimate of drug-likeness (QED) is 0.673. The molecule has 2 N–H and O–H groups in total. The van der Waals surface area contributed by atoms with Crippen LogP contribution in [0.15, 0.2) is 57.1 Å². The number of hydrogen-bond acceptors (Lipinski definition) is 5. The summed E-state index contributed by atoms with van der Waals surface area (Å²) >= 11 is 4.52. The van der Waals surface area contributed by atoms with E-state index in [1.54, 1.807) is 48.0 Å². The summed E-state index contributed by atoms with van der Waals surface area (Å²) in [7, 11) is 0. The SMILES string of the molecule is O=C(Cc1ccc(NC(=O)c2ccc(Br)o2)cc1)Nc1nccs1. The van der Waals surface area contributed by atoms with E-state index in [4.69, 9.17) is 4.42 Å². The second kappa shape index (κ2) is 7.41. The largest absolute Gasteiger partial charge is 0.444 e. The molecule has 3 rings (SSSR count). The first-order valence-corrected chi connectivity index (χ1v) is 8.62. The van der Waals surface area contributed by atoms with Gasteiger partial charge in [0.25, 0.3) is 5.91 Å². The van der Waals surface area contributed by atoms with E-state index >= 15 is 0 Å². The number of carbonyl (C=O) groups excluding carboxylic acids is 2. The molecule has 6 nitrogen and oxygen atoms in total. The van der Waals surface area contributed by atoms with Gasteiger partial charge in [0.05, 0.1) is 6.42 Å². The van der Waals surface area contributed by atoms with E-state index in [1.165, 1.54) is 11.3 Å². The van der Waals surface area contributed by atoms with Gasteiger partial charge in [0.15, 0.2) is 15.6 Å². The maximum atomic E-state index is 12.0. The van der Waals surface area contributed by atoms with Crippen molar-refractivity contribution in [2.45, 2.75) is 6.42 Å². The van der Waals surface area contributed by atoms with Crippen LogP contribution in [0.4, 0.5) is 10.8 Å². The molecule has 0 atom stereocenters. The van der Waals surface area contributed by atoms with E-state index in [1.807, 2.05) is 0 Å². The number of aromatic nitrogens is 1. The standard InChI is InChI=1S/C16H12BrN3O3S/c17-13-6-5-12(23-13)15(22)19-11-3-1-10(2-4-11)9-14(21)20-16-18-7-8-24-16/h1-8H,9H2,(H,19,22)(H,18,20,21). The first-order chi connectivity index (χ1) is 11.6. The minimum absolute atomic E-state index is 0.137. The summed E-state index contributed by atoms with van der Waals surface area (Å²) in [6.07, 6.45) is 1.87. The molecule has 0 aliphatic carbocycles. The summed E-state index contributed by atoms with van der Waals surface area (Å²) in [5, 5.41) is 7.82. The highest BCUT2D eigenvalue weighted by atomic mass is 79.9. The fourth-order valence-corrected chi connectivity index (χ4v) is 2.82. The van der Waals surface area contributed by atoms with Crippen LogP contribution in [0.3, 0.4) is 0 Å². The molecule has 0 fully saturated rings. The lowest BCUT2D eigenvalue weighted by Gasteiger charge is -2.05. The number of thiazole rings is 1. The van der Waals surface area contributed by atoms with Crippen molar-refractivity contribution in [3.63, 3.8) is 0 Å². The number of hydrogen-bond donors (Lipinski definition) is 2. The van der Waals surface area contributed by atoms with Gasteiger partial charge in [0.2, 0.25) is 5.91 Å². The van der Waals surface area contributed by atoms with Crippen LogP contribution >= 0.6 is 27.3 Å². The third kappa shape index (κ3) is 4.30. The summed E-state index contributed by atoms with van der Waals surface area (Å²) in [4.78, 5) is 27.9. The van der Waals surface area contributed by atoms with Crippen LogP contribution in [0.5, 0.6) is 0 Å². The molecule has 2 aromatic heterocycles. The molecule has 122 valence electrons. The van der Waals surface area contributed by atoms with E-state index in [-0.39, 0.29) is 24.0 Å². The van der Waals surface area contributed by atoms with Crippen LogP contribution in [-0.2, 0) is 11.2 Å². The molecule has 3 aromatic rings. The maximum Gasteiger partial charge on any atom is 0.291 e. The normalized spacial score (nSPS) is 10.4. The van der Waals surface area contributed by atoms with Crippen molar-refractivity contribution in [2.75, 3.05) is 10.6 Å². The summed E-state index contributed by atoms with van der Waals surface area (Å²) in [6.45, 7) is 0. The van der Waals surface area contributed by atoms with Gasteiger partial charge in [0.1, 0.15) is 0 Å². The predicted molar refractivity (Wildman–Crippen MR) is 95.3 cm³/mol. The highest BCUT2D eigenvalue weighted by Gasteiger charge is 2.11. The van der Waals surface area contributed by atoms with Crippen molar-refractivity contribution in [3.8, 4) is 0 Å². The van der Waals surface area contributed by atoms with Gasteiger partial charge >= 0.3 is 0 Å². The van der Waals surface area contributed by atoms with Crippen LogP contribution in [0, 0.1) is 0 Å². The zero-order valence-corrected chi connectivity index (χ0v) is 14.7. The van der Waals surface area contributed by atoms with Crippen molar-refractivity contribution < 1.29 is 14.0 Å². The molecule has 0 saturated carbocycles. The molecule has 2 amide bonds. The Morgan fingerprint density at radius 2 is 1.92 bits per heavy atom. The Hall–Kier alpha value is -2.45. The molecule has 0 bridgehead atoms. The van der Waals surface area contributed by atoms with Gasteiger partial charge in [0, 0.05) is 17.3 Å². The molecular formula is C16H12BrN3O3S. The van der Waals surface area contributed by atoms with E-state index in [0.29, 0.717) is 15.5 Å². The number of carbonyl (C=O) groups is 2. The van der Waals surface area contributed by atoms with Crippen LogP contribution < -0.4 is 10.6 Å². The maximum absolute atomic E-state index is 12.0. The molecule has 8 heteroatoms. The summed E-state index contributed by atoms with van der Waals surface area (Å²) in [5.41, 5.74) is 1.46. The number of halogens is 1. The zero-order chi connectivity index (χ0) is 16.9. The van der Waals surface area contributed by atoms with Crippen LogP contribution in [0.2, 0.25) is 0 Å². The zero-order valence-electron chi connectivity index (χ0n) is 12.3. The summed E-state index contributed by atoms with van der Waals surface area (Å²) in [6, 6.07) is 10.3. The molecule has 0 radical (unpaired) electrons. The van der Waals surface area contributed by atoms with Gasteiger partial charge in [-0.2, -0.15) is 0 Å². The molecule has 0 aliphatic heterocycles. The lowest BCUT2D eigenvalue weighted by atomic mass is 10.1. The molecule has 24 heavy (non-hydrogen) atoms. The van der Waals surface area contributed by atoms with E-state index in [0.717, 1.165) is 5.56 Å². The van der Waals surface area contributed by atoms with Gasteiger partial charge in [-0.15, -0.1) is 11.3 Å². The van der Waals surface area contributed by atoms with E-state index in [2.05, 4.69) is 31.5 Å². The highest BCUT2D eigenvalue weighted by molar-refractivity contribution is 9.10. The Bertz CT molecular complexity index is 844. The number of amides is 2. The minimum atomic E-state index is -0.338. The van der Waals surface area contributed by atoms with Crippen LogP contribution in [-0.4, -0.2) is 16.8 Å². The first kappa shape index (κ1) is 16.4. The predicted octanol–water partition coefficient (Wildman–Crippen LogP) is 3.93. The Morgan fingerprint density at radius 1 is 1.12 bits per heavy atom. The van der Waals surface area contributed by atoms with Crippen molar-refractivity contribution in [2.24, 2.45) is 0 Å². The minimum Gasteiger partial charge on any atom is -0.444 e. The van der Waals surface area contributed by atoms with Crippen molar-refractivity contribution >= 4 is 49.9 Å². The second-order valence-electron chi connectivity index (χ2n) is 4.82. The van der Waals surface area contributed by atoms with Gasteiger partial charge in [-0.3, -0.25) is 9.59 Å². The van der Waals surface area contributed by atoms with E-state index < -0.39 is 0 Å². The number of nitrogens with one attached hydrogen (secondary N) is 2. The summed E-state index contributed by atoms with van der Waals surface area (Å²) in [5.74, 6) is -0.258. The number of nitrogens with zero attached hydrogens (tertiary/aromatic N) is 1. The Morgan fingerprint density at radius 3 is 2.54 bits per heavy atom. The van der Waals surface area contributed by atoms with Gasteiger partial charge < -0.3 is 15.1 Å². The number of rotatable bonds is 5. The topological polar surface area (TPSA) is 84.2 Å². The average Bonchev–Trinajstić information content (AvgIpc) is 3.21. The van der Waals surface area contributed by atoms with Gasteiger partial charge in [-0.25, -0.2) is 4.98 Å².